The lowest BCUT2D eigenvalue weighted by Crippen LogP contribution is -2.49. The average Bonchev–Trinajstić information content (AvgIpc) is 2.54. The number of hydrogen-bond donors (Lipinski definition) is 0. The minimum atomic E-state index is -4.56. The smallest absolute Gasteiger partial charge is 0.377 e. The summed E-state index contributed by atoms with van der Waals surface area (Å²) < 4.78 is 46.2. The van der Waals surface area contributed by atoms with Gasteiger partial charge >= 0.3 is 6.18 Å². The van der Waals surface area contributed by atoms with E-state index in [9.17, 15) is 22.8 Å². The van der Waals surface area contributed by atoms with Gasteiger partial charge in [-0.1, -0.05) is 0 Å². The standard InChI is InChI=1S/C16H21F3N4O3/c1-10-9-26-6-5-22(10)13-7-14(25)23-12(16(17,18)19)3-4-21(8-11(2)24)15(23)20-13/h7,10,12H,3-6,8-9H2,1-2H3/t10-,12-/m1/s1. The number of fused-ring (bicyclic) bond motifs is 1. The molecule has 3 rings (SSSR count). The number of carbonyl (C=O) groups excluding carboxylic acids is 1. The van der Waals surface area contributed by atoms with Gasteiger partial charge in [-0.25, -0.2) is 0 Å². The molecule has 2 aliphatic heterocycles. The molecule has 0 aromatic carbocycles. The van der Waals surface area contributed by atoms with E-state index < -0.39 is 17.8 Å². The van der Waals surface area contributed by atoms with Gasteiger partial charge in [-0.3, -0.25) is 14.2 Å². The molecule has 2 atom stereocenters. The summed E-state index contributed by atoms with van der Waals surface area (Å²) in [4.78, 5) is 31.7. The molecule has 0 N–H and O–H groups in total. The van der Waals surface area contributed by atoms with Gasteiger partial charge in [-0.05, 0) is 20.3 Å². The van der Waals surface area contributed by atoms with E-state index in [0.717, 1.165) is 6.07 Å². The first-order chi connectivity index (χ1) is 12.2. The van der Waals surface area contributed by atoms with Crippen molar-refractivity contribution in [2.45, 2.75) is 38.5 Å². The van der Waals surface area contributed by atoms with Crippen molar-refractivity contribution in [1.29, 1.82) is 0 Å². The molecule has 0 radical (unpaired) electrons. The molecule has 0 unspecified atom stereocenters. The molecule has 1 aromatic heterocycles. The molecule has 0 bridgehead atoms. The number of anilines is 2. The Kier molecular flexibility index (Phi) is 4.96. The highest BCUT2D eigenvalue weighted by Crippen LogP contribution is 2.38. The second kappa shape index (κ2) is 6.90. The van der Waals surface area contributed by atoms with Crippen molar-refractivity contribution in [3.8, 4) is 0 Å². The van der Waals surface area contributed by atoms with Crippen molar-refractivity contribution in [2.24, 2.45) is 0 Å². The van der Waals surface area contributed by atoms with Crippen LogP contribution in [-0.4, -0.2) is 60.4 Å². The molecule has 0 amide bonds. The van der Waals surface area contributed by atoms with Gasteiger partial charge in [0, 0.05) is 19.2 Å². The number of alkyl halides is 3. The second-order valence-corrected chi connectivity index (χ2v) is 6.71. The maximum Gasteiger partial charge on any atom is 0.409 e. The van der Waals surface area contributed by atoms with Crippen molar-refractivity contribution in [1.82, 2.24) is 9.55 Å². The van der Waals surface area contributed by atoms with Crippen molar-refractivity contribution < 1.29 is 22.7 Å². The zero-order valence-corrected chi connectivity index (χ0v) is 14.6. The highest BCUT2D eigenvalue weighted by atomic mass is 19.4. The molecule has 10 heteroatoms. The molecule has 1 saturated heterocycles. The molecule has 26 heavy (non-hydrogen) atoms. The number of Topliss-reactive ketones (excluding diaryl/α,β-unsaturated/α-hetero) is 1. The number of rotatable bonds is 3. The van der Waals surface area contributed by atoms with Crippen LogP contribution in [0.2, 0.25) is 0 Å². The Hall–Kier alpha value is -2.10. The van der Waals surface area contributed by atoms with E-state index in [1.165, 1.54) is 11.8 Å². The van der Waals surface area contributed by atoms with Crippen molar-refractivity contribution in [3.63, 3.8) is 0 Å². The van der Waals surface area contributed by atoms with E-state index in [4.69, 9.17) is 4.74 Å². The molecule has 1 aromatic rings. The number of hydrogen-bond acceptors (Lipinski definition) is 6. The van der Waals surface area contributed by atoms with Gasteiger partial charge in [0.25, 0.3) is 5.56 Å². The maximum atomic E-state index is 13.4. The lowest BCUT2D eigenvalue weighted by Gasteiger charge is -2.38. The summed E-state index contributed by atoms with van der Waals surface area (Å²) in [7, 11) is 0. The molecule has 0 saturated carbocycles. The van der Waals surface area contributed by atoms with Crippen LogP contribution < -0.4 is 15.4 Å². The molecule has 7 nitrogen and oxygen atoms in total. The molecule has 3 heterocycles. The van der Waals surface area contributed by atoms with Crippen LogP contribution in [0.15, 0.2) is 10.9 Å². The number of nitrogens with zero attached hydrogens (tertiary/aromatic N) is 4. The molecule has 0 spiro atoms. The van der Waals surface area contributed by atoms with Gasteiger partial charge in [0.1, 0.15) is 17.6 Å². The van der Waals surface area contributed by atoms with Gasteiger partial charge in [0.15, 0.2) is 0 Å². The van der Waals surface area contributed by atoms with Gasteiger partial charge in [-0.15, -0.1) is 0 Å². The fourth-order valence-electron chi connectivity index (χ4n) is 3.43. The summed E-state index contributed by atoms with van der Waals surface area (Å²) in [5, 5.41) is 0. The largest absolute Gasteiger partial charge is 0.409 e. The van der Waals surface area contributed by atoms with Crippen LogP contribution in [0, 0.1) is 0 Å². The van der Waals surface area contributed by atoms with E-state index >= 15 is 0 Å². The third-order valence-electron chi connectivity index (χ3n) is 4.64. The zero-order chi connectivity index (χ0) is 19.1. The molecular formula is C16H21F3N4O3. The number of halogens is 3. The quantitative estimate of drug-likeness (QED) is 0.796. The predicted octanol–water partition coefficient (Wildman–Crippen LogP) is 1.37. The Morgan fingerprint density at radius 2 is 2.12 bits per heavy atom. The van der Waals surface area contributed by atoms with E-state index in [-0.39, 0.29) is 37.3 Å². The van der Waals surface area contributed by atoms with Crippen molar-refractivity contribution in [3.05, 3.63) is 16.4 Å². The first-order valence-corrected chi connectivity index (χ1v) is 8.47. The SMILES string of the molecule is CC(=O)CN1CC[C@H](C(F)(F)F)n2c1nc(N1CCOC[C@H]1C)cc2=O. The molecule has 1 fully saturated rings. The topological polar surface area (TPSA) is 67.7 Å². The van der Waals surface area contributed by atoms with Crippen molar-refractivity contribution in [2.75, 3.05) is 42.6 Å². The fourth-order valence-corrected chi connectivity index (χ4v) is 3.43. The Labute approximate surface area is 148 Å². The highest BCUT2D eigenvalue weighted by Gasteiger charge is 2.45. The summed E-state index contributed by atoms with van der Waals surface area (Å²) >= 11 is 0. The van der Waals surface area contributed by atoms with Gasteiger partial charge in [-0.2, -0.15) is 18.2 Å². The van der Waals surface area contributed by atoms with E-state index in [0.29, 0.717) is 30.1 Å². The summed E-state index contributed by atoms with van der Waals surface area (Å²) in [5.41, 5.74) is -0.765. The number of carbonyl (C=O) groups is 1. The Balaban J connectivity index is 2.09. The number of ether oxygens (including phenoxy) is 1. The Morgan fingerprint density at radius 1 is 1.38 bits per heavy atom. The third kappa shape index (κ3) is 3.55. The van der Waals surface area contributed by atoms with E-state index in [1.807, 2.05) is 11.8 Å². The summed E-state index contributed by atoms with van der Waals surface area (Å²) in [5.74, 6) is 0.00444. The maximum absolute atomic E-state index is 13.4. The lowest BCUT2D eigenvalue weighted by atomic mass is 10.1. The molecule has 2 aliphatic rings. The van der Waals surface area contributed by atoms with Crippen LogP contribution in [0.5, 0.6) is 0 Å². The van der Waals surface area contributed by atoms with Crippen LogP contribution in [0.25, 0.3) is 0 Å². The first-order valence-electron chi connectivity index (χ1n) is 8.47. The Bertz CT molecular complexity index is 749. The van der Waals surface area contributed by atoms with Crippen LogP contribution in [0.1, 0.15) is 26.3 Å². The van der Waals surface area contributed by atoms with Crippen LogP contribution in [0.4, 0.5) is 24.9 Å². The fraction of sp³-hybridized carbons (Fsp3) is 0.688. The lowest BCUT2D eigenvalue weighted by molar-refractivity contribution is -0.170. The van der Waals surface area contributed by atoms with Crippen LogP contribution >= 0.6 is 0 Å². The minimum Gasteiger partial charge on any atom is -0.377 e. The number of ketones is 1. The summed E-state index contributed by atoms with van der Waals surface area (Å²) in [6.07, 6.45) is -4.85. The molecule has 144 valence electrons. The monoisotopic (exact) mass is 374 g/mol. The second-order valence-electron chi connectivity index (χ2n) is 6.71. The van der Waals surface area contributed by atoms with Gasteiger partial charge < -0.3 is 14.5 Å². The van der Waals surface area contributed by atoms with Gasteiger partial charge in [0.2, 0.25) is 5.95 Å². The first kappa shape index (κ1) is 18.7. The molecular weight excluding hydrogens is 353 g/mol. The average molecular weight is 374 g/mol. The van der Waals surface area contributed by atoms with E-state index in [2.05, 4.69) is 4.98 Å². The van der Waals surface area contributed by atoms with Crippen LogP contribution in [-0.2, 0) is 9.53 Å². The number of aromatic nitrogens is 2. The Morgan fingerprint density at radius 3 is 2.73 bits per heavy atom. The predicted molar refractivity (Wildman–Crippen MR) is 88.7 cm³/mol. The minimum absolute atomic E-state index is 0.0122. The van der Waals surface area contributed by atoms with Crippen molar-refractivity contribution >= 4 is 17.5 Å². The van der Waals surface area contributed by atoms with Gasteiger partial charge in [0.05, 0.1) is 25.8 Å². The van der Waals surface area contributed by atoms with Crippen LogP contribution in [0.3, 0.4) is 0 Å². The molecule has 0 aliphatic carbocycles. The zero-order valence-electron chi connectivity index (χ0n) is 14.6. The summed E-state index contributed by atoms with van der Waals surface area (Å²) in [6, 6.07) is -0.847. The summed E-state index contributed by atoms with van der Waals surface area (Å²) in [6.45, 7) is 4.56. The highest BCUT2D eigenvalue weighted by molar-refractivity contribution is 5.80. The third-order valence-corrected chi connectivity index (χ3v) is 4.64. The normalized spacial score (nSPS) is 23.7. The van der Waals surface area contributed by atoms with E-state index in [1.54, 1.807) is 0 Å². The number of morpholine rings is 1.